The summed E-state index contributed by atoms with van der Waals surface area (Å²) in [7, 11) is 1.44. The lowest BCUT2D eigenvalue weighted by Crippen LogP contribution is -2.24. The number of methoxy groups -OCH3 is 1. The zero-order valence-electron chi connectivity index (χ0n) is 16.5. The van der Waals surface area contributed by atoms with E-state index in [2.05, 4.69) is 13.8 Å². The van der Waals surface area contributed by atoms with Crippen LogP contribution < -0.4 is 9.57 Å². The average Bonchev–Trinajstić information content (AvgIpc) is 2.87. The summed E-state index contributed by atoms with van der Waals surface area (Å²) in [5, 5.41) is 21.6. The molecule has 0 heterocycles. The molecule has 2 aliphatic carbocycles. The highest BCUT2D eigenvalue weighted by molar-refractivity contribution is 5.55. The van der Waals surface area contributed by atoms with Crippen molar-refractivity contribution < 1.29 is 19.6 Å². The van der Waals surface area contributed by atoms with E-state index in [-0.39, 0.29) is 28.7 Å². The molecule has 8 nitrogen and oxygen atoms in total. The van der Waals surface area contributed by atoms with Crippen molar-refractivity contribution in [2.75, 3.05) is 7.11 Å². The van der Waals surface area contributed by atoms with Gasteiger partial charge in [-0.25, -0.2) is 0 Å². The second-order valence-corrected chi connectivity index (χ2v) is 8.32. The van der Waals surface area contributed by atoms with Crippen molar-refractivity contribution >= 4 is 5.69 Å². The van der Waals surface area contributed by atoms with E-state index in [9.17, 15) is 20.2 Å². The Labute approximate surface area is 167 Å². The predicted molar refractivity (Wildman–Crippen MR) is 105 cm³/mol. The number of hydrogen-bond acceptors (Lipinski definition) is 6. The van der Waals surface area contributed by atoms with Gasteiger partial charge >= 0.3 is 5.69 Å². The Hall–Kier alpha value is -3.16. The van der Waals surface area contributed by atoms with Crippen LogP contribution in [0.25, 0.3) is 0 Å². The molecule has 0 bridgehead atoms. The van der Waals surface area contributed by atoms with Crippen LogP contribution in [-0.4, -0.2) is 17.1 Å². The summed E-state index contributed by atoms with van der Waals surface area (Å²) in [6.07, 6.45) is 2.17. The van der Waals surface area contributed by atoms with Gasteiger partial charge in [0.1, 0.15) is 5.75 Å². The molecule has 0 amide bonds. The maximum atomic E-state index is 11.5. The third-order valence-electron chi connectivity index (χ3n) is 6.49. The summed E-state index contributed by atoms with van der Waals surface area (Å²) < 4.78 is 5.28. The number of nitro benzene ring substituents is 1. The molecular weight excluding hydrogens is 376 g/mol. The Morgan fingerprint density at radius 3 is 2.52 bits per heavy atom. The number of fused-ring (bicyclic) bond motifs is 4. The molecule has 3 atom stereocenters. The van der Waals surface area contributed by atoms with Gasteiger partial charge in [0.15, 0.2) is 5.75 Å². The second-order valence-electron chi connectivity index (χ2n) is 8.32. The molecule has 3 unspecified atom stereocenters. The summed E-state index contributed by atoms with van der Waals surface area (Å²) in [4.78, 5) is 26.8. The van der Waals surface area contributed by atoms with Crippen molar-refractivity contribution in [3.05, 3.63) is 72.8 Å². The topological polar surface area (TPSA) is 105 Å². The van der Waals surface area contributed by atoms with E-state index >= 15 is 0 Å². The van der Waals surface area contributed by atoms with Gasteiger partial charge in [0.2, 0.25) is 0 Å². The quantitative estimate of drug-likeness (QED) is 0.552. The van der Waals surface area contributed by atoms with Gasteiger partial charge in [-0.1, -0.05) is 26.0 Å². The van der Waals surface area contributed by atoms with Crippen molar-refractivity contribution in [1.29, 1.82) is 0 Å². The van der Waals surface area contributed by atoms with Gasteiger partial charge in [-0.15, -0.1) is 10.1 Å². The number of nitro groups is 1. The van der Waals surface area contributed by atoms with Crippen LogP contribution in [0.2, 0.25) is 0 Å². The van der Waals surface area contributed by atoms with Crippen LogP contribution in [0.5, 0.6) is 11.5 Å². The zero-order chi connectivity index (χ0) is 20.9. The standard InChI is InChI=1S/C21H22N2O6/c1-12-7-17-14-5-4-6-19(29-23(26)27)16(14)11-21(17,2)10-13-8-20(28-3)18(22(24)25)9-15(12)13/h4-6,8-9,12,17H,7,10-11H2,1-3H3. The molecule has 0 aromatic heterocycles. The molecule has 2 aromatic carbocycles. The van der Waals surface area contributed by atoms with Crippen molar-refractivity contribution in [3.8, 4) is 11.5 Å². The van der Waals surface area contributed by atoms with Crippen molar-refractivity contribution in [2.24, 2.45) is 5.41 Å². The van der Waals surface area contributed by atoms with E-state index < -0.39 is 10.0 Å². The first kappa shape index (κ1) is 19.2. The number of nitrogens with zero attached hydrogens (tertiary/aromatic N) is 2. The fraction of sp³-hybridized carbons (Fsp3) is 0.429. The van der Waals surface area contributed by atoms with Gasteiger partial charge in [-0.3, -0.25) is 15.0 Å². The van der Waals surface area contributed by atoms with E-state index in [1.165, 1.54) is 7.11 Å². The van der Waals surface area contributed by atoms with Crippen LogP contribution in [0.4, 0.5) is 5.69 Å². The summed E-state index contributed by atoms with van der Waals surface area (Å²) in [6.45, 7) is 4.26. The lowest BCUT2D eigenvalue weighted by molar-refractivity contribution is -0.711. The average molecular weight is 398 g/mol. The monoisotopic (exact) mass is 398 g/mol. The molecule has 0 saturated carbocycles. The molecule has 8 heteroatoms. The van der Waals surface area contributed by atoms with Crippen LogP contribution in [0.3, 0.4) is 0 Å². The van der Waals surface area contributed by atoms with Gasteiger partial charge in [-0.2, -0.15) is 0 Å². The Bertz CT molecular complexity index is 1020. The highest BCUT2D eigenvalue weighted by Gasteiger charge is 2.46. The van der Waals surface area contributed by atoms with Crippen molar-refractivity contribution in [1.82, 2.24) is 0 Å². The molecule has 29 heavy (non-hydrogen) atoms. The Morgan fingerprint density at radius 2 is 1.86 bits per heavy atom. The highest BCUT2D eigenvalue weighted by Crippen LogP contribution is 2.57. The summed E-state index contributed by atoms with van der Waals surface area (Å²) >= 11 is 0. The molecular formula is C21H22N2O6. The molecule has 2 aliphatic rings. The number of ether oxygens (including phenoxy) is 1. The Balaban J connectivity index is 1.80. The lowest BCUT2D eigenvalue weighted by atomic mass is 9.73. The maximum absolute atomic E-state index is 11.5. The third-order valence-corrected chi connectivity index (χ3v) is 6.49. The summed E-state index contributed by atoms with van der Waals surface area (Å²) in [6, 6.07) is 8.88. The van der Waals surface area contributed by atoms with Crippen LogP contribution in [0.15, 0.2) is 30.3 Å². The fourth-order valence-corrected chi connectivity index (χ4v) is 5.22. The minimum atomic E-state index is -0.770. The molecule has 4 rings (SSSR count). The first-order valence-corrected chi connectivity index (χ1v) is 9.53. The van der Waals surface area contributed by atoms with E-state index in [1.54, 1.807) is 24.3 Å². The van der Waals surface area contributed by atoms with Crippen LogP contribution in [0.1, 0.15) is 54.4 Å². The number of rotatable bonds is 4. The number of benzene rings is 2. The van der Waals surface area contributed by atoms with E-state index in [4.69, 9.17) is 9.57 Å². The SMILES string of the molecule is COc1cc2c(cc1[N+](=O)[O-])C(C)CC1c3cccc(O[N+](=O)[O-])c3CC1(C)C2. The zero-order valence-corrected chi connectivity index (χ0v) is 16.5. The largest absolute Gasteiger partial charge is 0.490 e. The first-order chi connectivity index (χ1) is 13.7. The molecule has 0 saturated heterocycles. The number of hydrogen-bond donors (Lipinski definition) is 0. The molecule has 0 aliphatic heterocycles. The molecule has 0 fully saturated rings. The summed E-state index contributed by atoms with van der Waals surface area (Å²) in [5.41, 5.74) is 3.80. The third kappa shape index (κ3) is 3.08. The van der Waals surface area contributed by atoms with Gasteiger partial charge in [0, 0.05) is 6.07 Å². The van der Waals surface area contributed by atoms with E-state index in [0.29, 0.717) is 18.6 Å². The maximum Gasteiger partial charge on any atom is 0.311 e. The minimum Gasteiger partial charge on any atom is -0.490 e. The van der Waals surface area contributed by atoms with Crippen molar-refractivity contribution in [2.45, 2.75) is 44.9 Å². The molecule has 2 aromatic rings. The van der Waals surface area contributed by atoms with Crippen LogP contribution in [0, 0.1) is 25.6 Å². The molecule has 0 radical (unpaired) electrons. The second kappa shape index (κ2) is 6.72. The van der Waals surface area contributed by atoms with E-state index in [1.807, 2.05) is 6.07 Å². The van der Waals surface area contributed by atoms with Gasteiger partial charge < -0.3 is 4.74 Å². The predicted octanol–water partition coefficient (Wildman–Crippen LogP) is 4.57. The normalized spacial score (nSPS) is 24.7. The molecule has 152 valence electrons. The summed E-state index contributed by atoms with van der Waals surface area (Å²) in [5.74, 6) is 0.847. The minimum absolute atomic E-state index is 0.0163. The van der Waals surface area contributed by atoms with Crippen LogP contribution >= 0.6 is 0 Å². The Morgan fingerprint density at radius 1 is 1.10 bits per heavy atom. The smallest absolute Gasteiger partial charge is 0.311 e. The van der Waals surface area contributed by atoms with Gasteiger partial charge in [-0.05, 0) is 70.9 Å². The molecule has 0 spiro atoms. The fourth-order valence-electron chi connectivity index (χ4n) is 5.22. The van der Waals surface area contributed by atoms with Crippen molar-refractivity contribution in [3.63, 3.8) is 0 Å². The highest BCUT2D eigenvalue weighted by atomic mass is 17.0. The first-order valence-electron chi connectivity index (χ1n) is 9.53. The van der Waals surface area contributed by atoms with Crippen LogP contribution in [-0.2, 0) is 12.8 Å². The Kier molecular flexibility index (Phi) is 4.44. The van der Waals surface area contributed by atoms with Gasteiger partial charge in [0.25, 0.3) is 5.09 Å². The lowest BCUT2D eigenvalue weighted by Gasteiger charge is -2.31. The molecule has 0 N–H and O–H groups in total. The van der Waals surface area contributed by atoms with E-state index in [0.717, 1.165) is 28.7 Å². The van der Waals surface area contributed by atoms with Gasteiger partial charge in [0.05, 0.1) is 12.0 Å².